The minimum Gasteiger partial charge on any atom is -0.370 e. The fraction of sp³-hybridized carbons (Fsp3) is 0.519. The van der Waals surface area contributed by atoms with Gasteiger partial charge in [-0.05, 0) is 87.5 Å². The summed E-state index contributed by atoms with van der Waals surface area (Å²) in [5, 5.41) is 3.32. The van der Waals surface area contributed by atoms with E-state index in [-0.39, 0.29) is 47.4 Å². The van der Waals surface area contributed by atoms with E-state index in [0.717, 1.165) is 35.6 Å². The number of carbonyl (C=O) groups excluding carboxylic acids is 1. The minimum atomic E-state index is -3.81. The van der Waals surface area contributed by atoms with Gasteiger partial charge in [0, 0.05) is 31.2 Å². The van der Waals surface area contributed by atoms with Crippen molar-refractivity contribution in [1.82, 2.24) is 14.5 Å². The van der Waals surface area contributed by atoms with Crippen LogP contribution in [0.15, 0.2) is 47.4 Å². The van der Waals surface area contributed by atoms with Gasteiger partial charge in [0.15, 0.2) is 0 Å². The number of amides is 1. The number of carbonyl (C=O) groups is 1. The standard InChI is InChI=1S/C27H36Cl2FN3O4S/c1-32(2)27(21-5-4-6-23(30)15-21)20-9-7-19(8-10-20)17-31-26(34)18-37-14-13-33(3)38(35,36)25-12-11-22(28)16-24(25)29/h4-6,11-12,15-16,19-20,27H,7-10,13-14,17-18H2,1-3H3,(H,31,34). The number of benzene rings is 2. The molecule has 2 aromatic carbocycles. The molecule has 0 aromatic heterocycles. The Morgan fingerprint density at radius 1 is 1.11 bits per heavy atom. The molecule has 7 nitrogen and oxygen atoms in total. The van der Waals surface area contributed by atoms with Crippen LogP contribution in [-0.4, -0.2) is 71.0 Å². The van der Waals surface area contributed by atoms with Gasteiger partial charge in [-0.3, -0.25) is 4.79 Å². The Balaban J connectivity index is 1.37. The summed E-state index contributed by atoms with van der Waals surface area (Å²) in [6.07, 6.45) is 3.99. The maximum atomic E-state index is 13.8. The summed E-state index contributed by atoms with van der Waals surface area (Å²) >= 11 is 11.9. The number of sulfonamides is 1. The molecule has 210 valence electrons. The molecule has 0 bridgehead atoms. The molecule has 11 heteroatoms. The fourth-order valence-corrected chi connectivity index (χ4v) is 6.93. The predicted molar refractivity (Wildman–Crippen MR) is 148 cm³/mol. The lowest BCUT2D eigenvalue weighted by atomic mass is 9.76. The van der Waals surface area contributed by atoms with Crippen LogP contribution >= 0.6 is 23.2 Å². The summed E-state index contributed by atoms with van der Waals surface area (Å²) in [5.74, 6) is 0.362. The van der Waals surface area contributed by atoms with Crippen molar-refractivity contribution in [3.05, 3.63) is 63.9 Å². The first-order valence-electron chi connectivity index (χ1n) is 12.7. The van der Waals surface area contributed by atoms with Crippen LogP contribution in [0.25, 0.3) is 0 Å². The molecule has 3 rings (SSSR count). The maximum Gasteiger partial charge on any atom is 0.246 e. The monoisotopic (exact) mass is 587 g/mol. The molecule has 1 amide bonds. The third kappa shape index (κ3) is 8.37. The first-order chi connectivity index (χ1) is 18.0. The fourth-order valence-electron chi connectivity index (χ4n) is 5.03. The zero-order valence-electron chi connectivity index (χ0n) is 22.0. The number of nitrogens with one attached hydrogen (secondary N) is 1. The predicted octanol–water partition coefficient (Wildman–Crippen LogP) is 5.00. The third-order valence-electron chi connectivity index (χ3n) is 7.04. The maximum absolute atomic E-state index is 13.8. The second kappa shape index (κ2) is 14.1. The highest BCUT2D eigenvalue weighted by Crippen LogP contribution is 2.39. The molecular formula is C27H36Cl2FN3O4S. The van der Waals surface area contributed by atoms with E-state index in [9.17, 15) is 17.6 Å². The summed E-state index contributed by atoms with van der Waals surface area (Å²) in [6, 6.07) is 11.2. The molecule has 0 heterocycles. The number of nitrogens with zero attached hydrogens (tertiary/aromatic N) is 2. The molecule has 0 radical (unpaired) electrons. The van der Waals surface area contributed by atoms with Crippen LogP contribution in [-0.2, 0) is 19.6 Å². The molecule has 1 fully saturated rings. The number of rotatable bonds is 12. The van der Waals surface area contributed by atoms with Crippen molar-refractivity contribution in [2.24, 2.45) is 11.8 Å². The Morgan fingerprint density at radius 2 is 1.82 bits per heavy atom. The second-order valence-corrected chi connectivity index (χ2v) is 12.9. The summed E-state index contributed by atoms with van der Waals surface area (Å²) in [7, 11) is 1.68. The van der Waals surface area contributed by atoms with Gasteiger partial charge in [-0.25, -0.2) is 12.8 Å². The Kier molecular flexibility index (Phi) is 11.4. The summed E-state index contributed by atoms with van der Waals surface area (Å²) in [6.45, 7) is 0.556. The number of ether oxygens (including phenoxy) is 1. The quantitative estimate of drug-likeness (QED) is 0.354. The van der Waals surface area contributed by atoms with Gasteiger partial charge in [-0.1, -0.05) is 35.3 Å². The molecule has 38 heavy (non-hydrogen) atoms. The van der Waals surface area contributed by atoms with Crippen LogP contribution in [0, 0.1) is 17.7 Å². The lowest BCUT2D eigenvalue weighted by molar-refractivity contribution is -0.126. The summed E-state index contributed by atoms with van der Waals surface area (Å²) in [5.41, 5.74) is 0.999. The molecule has 1 N–H and O–H groups in total. The summed E-state index contributed by atoms with van der Waals surface area (Å²) < 4.78 is 45.8. The number of hydrogen-bond donors (Lipinski definition) is 1. The van der Waals surface area contributed by atoms with E-state index < -0.39 is 10.0 Å². The van der Waals surface area contributed by atoms with Crippen molar-refractivity contribution >= 4 is 39.1 Å². The van der Waals surface area contributed by atoms with Crippen LogP contribution in [0.2, 0.25) is 10.0 Å². The van der Waals surface area contributed by atoms with E-state index in [0.29, 0.717) is 23.4 Å². The van der Waals surface area contributed by atoms with Gasteiger partial charge >= 0.3 is 0 Å². The Hall–Kier alpha value is -1.75. The lowest BCUT2D eigenvalue weighted by Gasteiger charge is -2.37. The third-order valence-corrected chi connectivity index (χ3v) is 9.61. The molecule has 1 unspecified atom stereocenters. The van der Waals surface area contributed by atoms with Gasteiger partial charge in [0.2, 0.25) is 15.9 Å². The van der Waals surface area contributed by atoms with E-state index in [1.807, 2.05) is 20.2 Å². The normalized spacial score (nSPS) is 19.1. The lowest BCUT2D eigenvalue weighted by Crippen LogP contribution is -2.36. The van der Waals surface area contributed by atoms with Crippen LogP contribution in [0.5, 0.6) is 0 Å². The highest BCUT2D eigenvalue weighted by atomic mass is 35.5. The Bertz CT molecular complexity index is 1190. The first kappa shape index (κ1) is 30.8. The van der Waals surface area contributed by atoms with Crippen molar-refractivity contribution in [2.45, 2.75) is 36.6 Å². The average molecular weight is 589 g/mol. The van der Waals surface area contributed by atoms with Crippen molar-refractivity contribution in [3.63, 3.8) is 0 Å². The Labute approximate surface area is 235 Å². The average Bonchev–Trinajstić information content (AvgIpc) is 2.85. The molecule has 0 saturated heterocycles. The van der Waals surface area contributed by atoms with Gasteiger partial charge in [-0.15, -0.1) is 0 Å². The molecule has 0 aliphatic heterocycles. The van der Waals surface area contributed by atoms with E-state index in [1.165, 1.54) is 31.3 Å². The molecular weight excluding hydrogens is 552 g/mol. The Morgan fingerprint density at radius 3 is 2.45 bits per heavy atom. The van der Waals surface area contributed by atoms with Crippen LogP contribution in [0.1, 0.15) is 37.3 Å². The van der Waals surface area contributed by atoms with Crippen LogP contribution in [0.3, 0.4) is 0 Å². The van der Waals surface area contributed by atoms with Gasteiger partial charge in [-0.2, -0.15) is 4.31 Å². The van der Waals surface area contributed by atoms with Gasteiger partial charge in [0.05, 0.1) is 11.6 Å². The van der Waals surface area contributed by atoms with E-state index in [4.69, 9.17) is 27.9 Å². The number of likely N-dealkylation sites (N-methyl/N-ethyl adjacent to an activating group) is 1. The highest BCUT2D eigenvalue weighted by molar-refractivity contribution is 7.89. The summed E-state index contributed by atoms with van der Waals surface area (Å²) in [4.78, 5) is 14.4. The topological polar surface area (TPSA) is 79.0 Å². The van der Waals surface area contributed by atoms with Gasteiger partial charge in [0.1, 0.15) is 17.3 Å². The molecule has 2 aromatic rings. The first-order valence-corrected chi connectivity index (χ1v) is 14.9. The zero-order chi connectivity index (χ0) is 27.9. The number of hydrogen-bond acceptors (Lipinski definition) is 5. The minimum absolute atomic E-state index is 0.0358. The highest BCUT2D eigenvalue weighted by Gasteiger charge is 2.30. The molecule has 1 saturated carbocycles. The van der Waals surface area contributed by atoms with E-state index >= 15 is 0 Å². The van der Waals surface area contributed by atoms with Crippen molar-refractivity contribution in [2.75, 3.05) is 47.4 Å². The largest absolute Gasteiger partial charge is 0.370 e. The van der Waals surface area contributed by atoms with E-state index in [2.05, 4.69) is 10.2 Å². The molecule has 0 spiro atoms. The molecule has 1 atom stereocenters. The van der Waals surface area contributed by atoms with E-state index in [1.54, 1.807) is 12.1 Å². The smallest absolute Gasteiger partial charge is 0.246 e. The van der Waals surface area contributed by atoms with Gasteiger partial charge in [0.25, 0.3) is 0 Å². The van der Waals surface area contributed by atoms with Crippen molar-refractivity contribution in [1.29, 1.82) is 0 Å². The zero-order valence-corrected chi connectivity index (χ0v) is 24.3. The molecule has 1 aliphatic carbocycles. The molecule has 1 aliphatic rings. The van der Waals surface area contributed by atoms with Crippen LogP contribution in [0.4, 0.5) is 4.39 Å². The van der Waals surface area contributed by atoms with Crippen molar-refractivity contribution in [3.8, 4) is 0 Å². The second-order valence-electron chi connectivity index (χ2n) is 10.0. The SMILES string of the molecule is CN(C)C(c1cccc(F)c1)C1CCC(CNC(=O)COCCN(C)S(=O)(=O)c2ccc(Cl)cc2Cl)CC1. The van der Waals surface area contributed by atoms with Crippen molar-refractivity contribution < 1.29 is 22.3 Å². The van der Waals surface area contributed by atoms with Crippen LogP contribution < -0.4 is 5.32 Å². The van der Waals surface area contributed by atoms with Gasteiger partial charge < -0.3 is 15.0 Å². The number of halogens is 3.